The van der Waals surface area contributed by atoms with Crippen LogP contribution in [0.5, 0.6) is 0 Å². The number of aryl methyl sites for hydroxylation is 1. The van der Waals surface area contributed by atoms with Crippen molar-refractivity contribution in [2.75, 3.05) is 34.4 Å². The first-order valence-electron chi connectivity index (χ1n) is 8.70. The molecule has 2 aromatic rings. The second kappa shape index (κ2) is 9.70. The Morgan fingerprint density at radius 1 is 1.48 bits per heavy atom. The Morgan fingerprint density at radius 2 is 2.26 bits per heavy atom. The summed E-state index contributed by atoms with van der Waals surface area (Å²) >= 11 is 0. The van der Waals surface area contributed by atoms with Gasteiger partial charge in [0, 0.05) is 57.9 Å². The summed E-state index contributed by atoms with van der Waals surface area (Å²) in [5, 5.41) is 2.55. The second-order valence-electron chi connectivity index (χ2n) is 6.19. The molecular formula is C19H26FN5O2. The van der Waals surface area contributed by atoms with Gasteiger partial charge in [-0.2, -0.15) is 0 Å². The van der Waals surface area contributed by atoms with Gasteiger partial charge in [-0.1, -0.05) is 0 Å². The van der Waals surface area contributed by atoms with Crippen LogP contribution in [0, 0.1) is 0 Å². The molecule has 0 bridgehead atoms. The van der Waals surface area contributed by atoms with Crippen LogP contribution in [0.15, 0.2) is 41.4 Å². The molecule has 0 atom stereocenters. The molecule has 146 valence electrons. The Morgan fingerprint density at radius 3 is 2.93 bits per heavy atom. The first kappa shape index (κ1) is 20.4. The summed E-state index contributed by atoms with van der Waals surface area (Å²) in [5.41, 5.74) is 2.86. The van der Waals surface area contributed by atoms with Crippen molar-refractivity contribution < 1.29 is 13.9 Å². The summed E-state index contributed by atoms with van der Waals surface area (Å²) in [7, 11) is 5.48. The van der Waals surface area contributed by atoms with E-state index in [0.717, 1.165) is 11.2 Å². The number of fused-ring (bicyclic) bond motifs is 1. The van der Waals surface area contributed by atoms with Gasteiger partial charge in [0.15, 0.2) is 5.90 Å². The highest BCUT2D eigenvalue weighted by Crippen LogP contribution is 2.19. The minimum Gasteiger partial charge on any atom is -0.484 e. The van der Waals surface area contributed by atoms with E-state index in [1.165, 1.54) is 0 Å². The molecule has 2 heterocycles. The van der Waals surface area contributed by atoms with Crippen LogP contribution in [-0.4, -0.2) is 60.7 Å². The fourth-order valence-corrected chi connectivity index (χ4v) is 2.45. The smallest absolute Gasteiger partial charge is 0.255 e. The number of amides is 1. The van der Waals surface area contributed by atoms with Gasteiger partial charge in [-0.3, -0.25) is 9.78 Å². The summed E-state index contributed by atoms with van der Waals surface area (Å²) in [4.78, 5) is 22.9. The SMILES string of the molecule is COC(CCn1cc(C(=O)NCCF)c2ncccc21)=N/C=C(\C)N(C)C. The number of pyridine rings is 1. The number of nitrogens with one attached hydrogen (secondary N) is 1. The zero-order chi connectivity index (χ0) is 19.8. The molecular weight excluding hydrogens is 349 g/mol. The van der Waals surface area contributed by atoms with E-state index in [1.54, 1.807) is 25.7 Å². The largest absolute Gasteiger partial charge is 0.484 e. The minimum absolute atomic E-state index is 0.0175. The summed E-state index contributed by atoms with van der Waals surface area (Å²) in [6, 6.07) is 3.71. The Kier molecular flexibility index (Phi) is 7.34. The number of methoxy groups -OCH3 is 1. The number of hydrogen-bond acceptors (Lipinski definition) is 5. The fourth-order valence-electron chi connectivity index (χ4n) is 2.45. The average Bonchev–Trinajstić information content (AvgIpc) is 3.05. The van der Waals surface area contributed by atoms with Gasteiger partial charge >= 0.3 is 0 Å². The number of nitrogens with zero attached hydrogens (tertiary/aromatic N) is 4. The van der Waals surface area contributed by atoms with Crippen molar-refractivity contribution >= 4 is 22.8 Å². The second-order valence-corrected chi connectivity index (χ2v) is 6.19. The molecule has 27 heavy (non-hydrogen) atoms. The van der Waals surface area contributed by atoms with E-state index in [4.69, 9.17) is 4.74 Å². The molecule has 0 aliphatic rings. The van der Waals surface area contributed by atoms with Gasteiger partial charge in [0.25, 0.3) is 5.91 Å². The molecule has 0 saturated heterocycles. The van der Waals surface area contributed by atoms with Gasteiger partial charge < -0.3 is 19.5 Å². The first-order valence-corrected chi connectivity index (χ1v) is 8.70. The summed E-state index contributed by atoms with van der Waals surface area (Å²) in [6.07, 6.45) is 5.68. The predicted octanol–water partition coefficient (Wildman–Crippen LogP) is 2.59. The molecule has 8 heteroatoms. The van der Waals surface area contributed by atoms with Gasteiger partial charge in [-0.05, 0) is 19.1 Å². The van der Waals surface area contributed by atoms with Crippen LogP contribution in [0.25, 0.3) is 11.0 Å². The van der Waals surface area contributed by atoms with Crippen molar-refractivity contribution in [3.8, 4) is 0 Å². The lowest BCUT2D eigenvalue weighted by Gasteiger charge is -2.11. The molecule has 0 fully saturated rings. The van der Waals surface area contributed by atoms with Crippen molar-refractivity contribution in [1.29, 1.82) is 0 Å². The van der Waals surface area contributed by atoms with Crippen LogP contribution in [-0.2, 0) is 11.3 Å². The van der Waals surface area contributed by atoms with Crippen molar-refractivity contribution in [2.45, 2.75) is 19.9 Å². The third kappa shape index (κ3) is 5.29. The Hall–Kier alpha value is -2.90. The van der Waals surface area contributed by atoms with E-state index >= 15 is 0 Å². The van der Waals surface area contributed by atoms with Crippen LogP contribution in [0.3, 0.4) is 0 Å². The number of alkyl halides is 1. The highest BCUT2D eigenvalue weighted by atomic mass is 19.1. The maximum absolute atomic E-state index is 12.3. The van der Waals surface area contributed by atoms with E-state index in [0.29, 0.717) is 29.9 Å². The predicted molar refractivity (Wildman–Crippen MR) is 105 cm³/mol. The van der Waals surface area contributed by atoms with Crippen LogP contribution in [0.2, 0.25) is 0 Å². The molecule has 7 nitrogen and oxygen atoms in total. The van der Waals surface area contributed by atoms with Crippen molar-refractivity contribution in [2.24, 2.45) is 4.99 Å². The Balaban J connectivity index is 2.22. The number of aromatic nitrogens is 2. The molecule has 1 N–H and O–H groups in total. The van der Waals surface area contributed by atoms with Gasteiger partial charge in [-0.25, -0.2) is 9.38 Å². The van der Waals surface area contributed by atoms with Crippen LogP contribution in [0.1, 0.15) is 23.7 Å². The van der Waals surface area contributed by atoms with Crippen molar-refractivity contribution in [1.82, 2.24) is 19.8 Å². The third-order valence-electron chi connectivity index (χ3n) is 4.16. The van der Waals surface area contributed by atoms with Gasteiger partial charge in [0.2, 0.25) is 0 Å². The number of carbonyl (C=O) groups is 1. The van der Waals surface area contributed by atoms with Gasteiger partial charge in [-0.15, -0.1) is 0 Å². The fraction of sp³-hybridized carbons (Fsp3) is 0.421. The van der Waals surface area contributed by atoms with Gasteiger partial charge in [0.05, 0.1) is 18.2 Å². The molecule has 0 spiro atoms. The summed E-state index contributed by atoms with van der Waals surface area (Å²) in [6.45, 7) is 1.91. The molecule has 0 radical (unpaired) electrons. The maximum atomic E-state index is 12.3. The van der Waals surface area contributed by atoms with Crippen LogP contribution >= 0.6 is 0 Å². The van der Waals surface area contributed by atoms with Crippen LogP contribution < -0.4 is 5.32 Å². The Bertz CT molecular complexity index is 842. The molecule has 2 rings (SSSR count). The molecule has 0 saturated carbocycles. The highest BCUT2D eigenvalue weighted by molar-refractivity contribution is 6.05. The number of allylic oxidation sites excluding steroid dienone is 1. The van der Waals surface area contributed by atoms with Crippen molar-refractivity contribution in [3.05, 3.63) is 42.0 Å². The quantitative estimate of drug-likeness (QED) is 0.569. The van der Waals surface area contributed by atoms with Crippen LogP contribution in [0.4, 0.5) is 4.39 Å². The molecule has 2 aromatic heterocycles. The molecule has 1 amide bonds. The topological polar surface area (TPSA) is 71.7 Å². The number of halogens is 1. The average molecular weight is 375 g/mol. The lowest BCUT2D eigenvalue weighted by molar-refractivity contribution is 0.0952. The lowest BCUT2D eigenvalue weighted by Crippen LogP contribution is -2.25. The van der Waals surface area contributed by atoms with E-state index in [2.05, 4.69) is 15.3 Å². The molecule has 0 aliphatic carbocycles. The summed E-state index contributed by atoms with van der Waals surface area (Å²) < 4.78 is 19.6. The Labute approximate surface area is 158 Å². The zero-order valence-electron chi connectivity index (χ0n) is 16.2. The zero-order valence-corrected chi connectivity index (χ0v) is 16.2. The minimum atomic E-state index is -0.606. The van der Waals surface area contributed by atoms with E-state index in [9.17, 15) is 9.18 Å². The van der Waals surface area contributed by atoms with E-state index < -0.39 is 6.67 Å². The molecule has 0 aromatic carbocycles. The maximum Gasteiger partial charge on any atom is 0.255 e. The van der Waals surface area contributed by atoms with Crippen molar-refractivity contribution in [3.63, 3.8) is 0 Å². The first-order chi connectivity index (χ1) is 13.0. The summed E-state index contributed by atoms with van der Waals surface area (Å²) in [5.74, 6) is 0.255. The number of carbonyl (C=O) groups excluding carboxylic acids is 1. The molecule has 0 unspecified atom stereocenters. The van der Waals surface area contributed by atoms with E-state index in [-0.39, 0.29) is 12.5 Å². The number of aliphatic imine (C=N–C) groups is 1. The normalized spacial score (nSPS) is 12.3. The van der Waals surface area contributed by atoms with Gasteiger partial charge in [0.1, 0.15) is 12.2 Å². The lowest BCUT2D eigenvalue weighted by atomic mass is 10.2. The number of rotatable bonds is 8. The molecule has 0 aliphatic heterocycles. The monoisotopic (exact) mass is 375 g/mol. The van der Waals surface area contributed by atoms with E-state index in [1.807, 2.05) is 42.6 Å². The standard InChI is InChI=1S/C19H26FN5O2/c1-14(24(2)3)12-23-17(27-4)7-11-25-13-15(19(26)22-10-8-20)18-16(25)6-5-9-21-18/h5-6,9,12-13H,7-8,10-11H2,1-4H3,(H,22,26)/b14-12+,23-17?. The third-order valence-corrected chi connectivity index (χ3v) is 4.16. The number of hydrogen-bond donors (Lipinski definition) is 1. The highest BCUT2D eigenvalue weighted by Gasteiger charge is 2.16. The number of ether oxygens (including phenoxy) is 1.